The summed E-state index contributed by atoms with van der Waals surface area (Å²) in [5, 5.41) is 8.40. The van der Waals surface area contributed by atoms with Crippen molar-refractivity contribution in [1.29, 1.82) is 0 Å². The topological polar surface area (TPSA) is 101 Å². The van der Waals surface area contributed by atoms with Gasteiger partial charge in [-0.1, -0.05) is 20.4 Å². The van der Waals surface area contributed by atoms with Gasteiger partial charge >= 0.3 is 7.82 Å². The van der Waals surface area contributed by atoms with E-state index in [1.54, 1.807) is 13.8 Å². The van der Waals surface area contributed by atoms with E-state index in [1.165, 1.54) is 6.92 Å². The summed E-state index contributed by atoms with van der Waals surface area (Å²) in [7, 11) is -3.43. The minimum atomic E-state index is -3.43. The van der Waals surface area contributed by atoms with Gasteiger partial charge in [0.05, 0.1) is 38.8 Å². The Bertz CT molecular complexity index is 350. The van der Waals surface area contributed by atoms with Crippen molar-refractivity contribution in [2.45, 2.75) is 47.5 Å². The number of hydrogen-bond acceptors (Lipinski definition) is 8. The van der Waals surface area contributed by atoms with Gasteiger partial charge in [0.2, 0.25) is 5.24 Å². The Hall–Kier alpha value is -0.470. The lowest BCUT2D eigenvalue weighted by molar-refractivity contribution is -0.109. The summed E-state index contributed by atoms with van der Waals surface area (Å²) in [4.78, 5) is 9.21. The third kappa shape index (κ3) is 28.3. The lowest BCUT2D eigenvalue weighted by Gasteiger charge is -2.15. The molecule has 0 aromatic rings. The van der Waals surface area contributed by atoms with Crippen molar-refractivity contribution in [3.63, 3.8) is 0 Å². The standard InChI is InChI=1S/C8H17O5P.C4H8O2.C2H3ClO.C2H6/c1-4-11-14(10,12-5-2)13-7-6-8(3)9;1-2-5-4-6-3-1;1-2(3)4;1-2/h9H,3-7H2,1-2H3;1-4H2;1H3;1-2H3. The fraction of sp³-hybridized carbons (Fsp3) is 0.812. The van der Waals surface area contributed by atoms with Crippen LogP contribution < -0.4 is 0 Å². The Morgan fingerprint density at radius 1 is 1.15 bits per heavy atom. The zero-order valence-electron chi connectivity index (χ0n) is 16.5. The van der Waals surface area contributed by atoms with E-state index in [0.717, 1.165) is 19.6 Å². The molecule has 8 nitrogen and oxygen atoms in total. The average Bonchev–Trinajstić information content (AvgIpc) is 2.58. The molecule has 0 radical (unpaired) electrons. The van der Waals surface area contributed by atoms with Crippen LogP contribution in [0.3, 0.4) is 0 Å². The maximum atomic E-state index is 11.6. The van der Waals surface area contributed by atoms with Crippen molar-refractivity contribution in [3.8, 4) is 0 Å². The molecule has 1 heterocycles. The Kier molecular flexibility index (Phi) is 26.3. The molecule has 0 aromatic carbocycles. The molecule has 0 bridgehead atoms. The van der Waals surface area contributed by atoms with Crippen LogP contribution in [0.4, 0.5) is 0 Å². The lowest BCUT2D eigenvalue weighted by atomic mass is 10.4. The van der Waals surface area contributed by atoms with Crippen molar-refractivity contribution in [1.82, 2.24) is 0 Å². The molecular weight excluding hydrogens is 387 g/mol. The summed E-state index contributed by atoms with van der Waals surface area (Å²) in [5.41, 5.74) is 0. The van der Waals surface area contributed by atoms with E-state index in [9.17, 15) is 9.36 Å². The number of aliphatic hydroxyl groups excluding tert-OH is 1. The molecule has 1 aliphatic rings. The van der Waals surface area contributed by atoms with Crippen LogP contribution in [-0.4, -0.2) is 50.2 Å². The molecule has 26 heavy (non-hydrogen) atoms. The molecule has 0 aliphatic carbocycles. The normalized spacial score (nSPS) is 13.0. The molecule has 158 valence electrons. The number of phosphoric ester groups is 1. The van der Waals surface area contributed by atoms with Gasteiger partial charge in [-0.15, -0.1) is 0 Å². The largest absolute Gasteiger partial charge is 0.513 e. The van der Waals surface area contributed by atoms with Crippen LogP contribution in [0.25, 0.3) is 0 Å². The molecule has 0 saturated carbocycles. The van der Waals surface area contributed by atoms with E-state index in [2.05, 4.69) is 18.2 Å². The highest BCUT2D eigenvalue weighted by molar-refractivity contribution is 7.48. The molecule has 0 unspecified atom stereocenters. The number of carbonyl (C=O) groups excluding carboxylic acids is 1. The van der Waals surface area contributed by atoms with Gasteiger partial charge in [0.25, 0.3) is 0 Å². The van der Waals surface area contributed by atoms with Crippen LogP contribution in [0, 0.1) is 0 Å². The highest BCUT2D eigenvalue weighted by Crippen LogP contribution is 2.49. The number of hydrogen-bond donors (Lipinski definition) is 1. The summed E-state index contributed by atoms with van der Waals surface area (Å²) in [6, 6.07) is 0. The first-order valence-corrected chi connectivity index (χ1v) is 10.3. The molecule has 0 atom stereocenters. The molecular formula is C16H34ClO8P. The van der Waals surface area contributed by atoms with Crippen molar-refractivity contribution >= 4 is 24.7 Å². The second-order valence-corrected chi connectivity index (χ2v) is 6.39. The number of aliphatic hydroxyl groups is 1. The maximum absolute atomic E-state index is 11.6. The Balaban J connectivity index is -0.000000359. The fourth-order valence-corrected chi connectivity index (χ4v) is 2.31. The molecule has 1 N–H and O–H groups in total. The molecule has 0 spiro atoms. The third-order valence-electron chi connectivity index (χ3n) is 1.96. The first-order valence-electron chi connectivity index (χ1n) is 8.49. The van der Waals surface area contributed by atoms with Crippen molar-refractivity contribution < 1.29 is 37.5 Å². The van der Waals surface area contributed by atoms with Crippen LogP contribution in [0.5, 0.6) is 0 Å². The van der Waals surface area contributed by atoms with E-state index in [4.69, 9.17) is 28.2 Å². The predicted molar refractivity (Wildman–Crippen MR) is 102 cm³/mol. The predicted octanol–water partition coefficient (Wildman–Crippen LogP) is 4.82. The van der Waals surface area contributed by atoms with Crippen molar-refractivity contribution in [2.24, 2.45) is 0 Å². The second kappa shape index (κ2) is 22.6. The zero-order valence-corrected chi connectivity index (χ0v) is 18.1. The van der Waals surface area contributed by atoms with Crippen LogP contribution in [0.15, 0.2) is 12.3 Å². The summed E-state index contributed by atoms with van der Waals surface area (Å²) in [6.45, 7) is 14.8. The maximum Gasteiger partial charge on any atom is 0.474 e. The monoisotopic (exact) mass is 420 g/mol. The van der Waals surface area contributed by atoms with E-state index < -0.39 is 7.82 Å². The summed E-state index contributed by atoms with van der Waals surface area (Å²) in [5.74, 6) is -0.0236. The number of halogens is 1. The van der Waals surface area contributed by atoms with Crippen molar-refractivity contribution in [2.75, 3.05) is 39.8 Å². The smallest absolute Gasteiger partial charge is 0.474 e. The summed E-state index contributed by atoms with van der Waals surface area (Å²) < 4.78 is 35.9. The quantitative estimate of drug-likeness (QED) is 0.338. The van der Waals surface area contributed by atoms with E-state index in [-0.39, 0.29) is 37.2 Å². The van der Waals surface area contributed by atoms with E-state index in [1.807, 2.05) is 13.8 Å². The second-order valence-electron chi connectivity index (χ2n) is 4.19. The molecule has 1 saturated heterocycles. The minimum Gasteiger partial charge on any atom is -0.513 e. The SMILES string of the molecule is C1COCOC1.C=C(O)CCOP(=O)(OCC)OCC.CC.CC(=O)Cl. The average molecular weight is 421 g/mol. The number of ether oxygens (including phenoxy) is 2. The van der Waals surface area contributed by atoms with Crippen LogP contribution in [0.1, 0.15) is 47.5 Å². The van der Waals surface area contributed by atoms with Gasteiger partial charge in [-0.25, -0.2) is 4.57 Å². The van der Waals surface area contributed by atoms with Crippen LogP contribution in [0.2, 0.25) is 0 Å². The number of rotatable bonds is 8. The Morgan fingerprint density at radius 2 is 1.58 bits per heavy atom. The number of phosphoric acid groups is 1. The summed E-state index contributed by atoms with van der Waals surface area (Å²) in [6.07, 6.45) is 1.27. The highest BCUT2D eigenvalue weighted by atomic mass is 35.5. The Labute approximate surface area is 162 Å². The van der Waals surface area contributed by atoms with Gasteiger partial charge in [-0.3, -0.25) is 18.4 Å². The van der Waals surface area contributed by atoms with Gasteiger partial charge in [-0.2, -0.15) is 0 Å². The molecule has 0 amide bonds. The van der Waals surface area contributed by atoms with Crippen LogP contribution >= 0.6 is 19.4 Å². The summed E-state index contributed by atoms with van der Waals surface area (Å²) >= 11 is 4.64. The molecule has 1 rings (SSSR count). The highest BCUT2D eigenvalue weighted by Gasteiger charge is 2.24. The van der Waals surface area contributed by atoms with E-state index in [0.29, 0.717) is 6.79 Å². The van der Waals surface area contributed by atoms with Gasteiger partial charge in [0.1, 0.15) is 6.79 Å². The lowest BCUT2D eigenvalue weighted by Crippen LogP contribution is -2.11. The molecule has 1 fully saturated rings. The van der Waals surface area contributed by atoms with Gasteiger partial charge in [0, 0.05) is 13.3 Å². The minimum absolute atomic E-state index is 0.0236. The zero-order chi connectivity index (χ0) is 20.8. The first kappa shape index (κ1) is 30.3. The van der Waals surface area contributed by atoms with Gasteiger partial charge in [-0.05, 0) is 31.9 Å². The van der Waals surface area contributed by atoms with Gasteiger partial charge in [0.15, 0.2) is 0 Å². The van der Waals surface area contributed by atoms with Gasteiger partial charge < -0.3 is 14.6 Å². The number of carbonyl (C=O) groups is 1. The van der Waals surface area contributed by atoms with E-state index >= 15 is 0 Å². The first-order chi connectivity index (χ1) is 12.3. The molecule has 0 aromatic heterocycles. The van der Waals surface area contributed by atoms with Crippen LogP contribution in [-0.2, 0) is 32.4 Å². The third-order valence-corrected chi connectivity index (χ3v) is 3.61. The molecule has 10 heteroatoms. The molecule has 1 aliphatic heterocycles. The van der Waals surface area contributed by atoms with Crippen molar-refractivity contribution in [3.05, 3.63) is 12.3 Å². The Morgan fingerprint density at radius 3 is 1.81 bits per heavy atom. The fourth-order valence-electron chi connectivity index (χ4n) is 1.14.